The number of carbonyl (C=O) groups excluding carboxylic acids is 1. The molecular weight excluding hydrogens is 704 g/mol. The molecule has 1 aliphatic heterocycles. The molecule has 0 bridgehead atoms. The van der Waals surface area contributed by atoms with Crippen LogP contribution in [0.3, 0.4) is 0 Å². The van der Waals surface area contributed by atoms with E-state index in [1.54, 1.807) is 60.7 Å². The van der Waals surface area contributed by atoms with Gasteiger partial charge in [0.25, 0.3) is 0 Å². The van der Waals surface area contributed by atoms with Gasteiger partial charge in [0.15, 0.2) is 0 Å². The van der Waals surface area contributed by atoms with Gasteiger partial charge in [-0.1, -0.05) is 83.3 Å². The van der Waals surface area contributed by atoms with Crippen LogP contribution < -0.4 is 0 Å². The molecule has 1 aliphatic rings. The fourth-order valence-electron chi connectivity index (χ4n) is 4.53. The molecule has 3 atom stereocenters. The Labute approximate surface area is 238 Å². The van der Waals surface area contributed by atoms with Gasteiger partial charge in [-0.05, 0) is 24.0 Å². The molecule has 228 valence electrons. The van der Waals surface area contributed by atoms with Crippen LogP contribution in [0.4, 0.5) is 57.1 Å². The van der Waals surface area contributed by atoms with Crippen LogP contribution >= 0.6 is 22.6 Å². The Hall–Kier alpha value is -2.27. The fraction of sp³-hybridized carbons (Fsp3) is 0.480. The number of halogens is 14. The van der Waals surface area contributed by atoms with Gasteiger partial charge in [0, 0.05) is 6.42 Å². The summed E-state index contributed by atoms with van der Waals surface area (Å²) in [5.41, 5.74) is 1.00. The van der Waals surface area contributed by atoms with Crippen LogP contribution in [0.1, 0.15) is 42.5 Å². The van der Waals surface area contributed by atoms with E-state index in [-0.39, 0.29) is 12.8 Å². The first-order valence-corrected chi connectivity index (χ1v) is 12.9. The zero-order valence-electron chi connectivity index (χ0n) is 20.3. The third-order valence-corrected chi connectivity index (χ3v) is 7.68. The standard InChI is InChI=1S/C25H19F13INO/c26-20(27,21(28,29)22(30,31)23(32,33)24(34,35)25(36,37)38)13-16(39)19(41)40-17(14-7-3-1-4-8-14)11-12-18(40)15-9-5-2-6-10-15/h1-10,16-18H,11-13H2/t16-,17+,18+/m1/s1. The number of amides is 1. The lowest BCUT2D eigenvalue weighted by molar-refractivity contribution is -0.440. The van der Waals surface area contributed by atoms with E-state index in [9.17, 15) is 61.9 Å². The Morgan fingerprint density at radius 3 is 1.39 bits per heavy atom. The van der Waals surface area contributed by atoms with Crippen molar-refractivity contribution in [2.24, 2.45) is 0 Å². The number of alkyl halides is 14. The van der Waals surface area contributed by atoms with E-state index in [0.29, 0.717) is 11.1 Å². The van der Waals surface area contributed by atoms with Gasteiger partial charge >= 0.3 is 35.8 Å². The number of likely N-dealkylation sites (tertiary alicyclic amines) is 1. The summed E-state index contributed by atoms with van der Waals surface area (Å²) in [7, 11) is 0. The van der Waals surface area contributed by atoms with Gasteiger partial charge in [0.05, 0.1) is 16.0 Å². The summed E-state index contributed by atoms with van der Waals surface area (Å²) in [5.74, 6) is -38.8. The Kier molecular flexibility index (Phi) is 8.99. The molecule has 0 unspecified atom stereocenters. The van der Waals surface area contributed by atoms with Crippen LogP contribution in [0.5, 0.6) is 0 Å². The Bertz CT molecular complexity index is 1160. The molecule has 0 aliphatic carbocycles. The number of nitrogens with zero attached hydrogens (tertiary/aromatic N) is 1. The van der Waals surface area contributed by atoms with Crippen molar-refractivity contribution in [3.63, 3.8) is 0 Å². The highest BCUT2D eigenvalue weighted by atomic mass is 127. The van der Waals surface area contributed by atoms with Crippen molar-refractivity contribution >= 4 is 28.5 Å². The second-order valence-corrected chi connectivity index (χ2v) is 10.9. The number of carbonyl (C=O) groups is 1. The average molecular weight is 723 g/mol. The van der Waals surface area contributed by atoms with E-state index in [1.165, 1.54) is 0 Å². The molecule has 0 aromatic heterocycles. The van der Waals surface area contributed by atoms with Crippen molar-refractivity contribution in [2.45, 2.75) is 71.1 Å². The van der Waals surface area contributed by atoms with Gasteiger partial charge in [-0.15, -0.1) is 0 Å². The minimum Gasteiger partial charge on any atom is -0.328 e. The van der Waals surface area contributed by atoms with Crippen molar-refractivity contribution in [1.82, 2.24) is 4.90 Å². The lowest BCUT2D eigenvalue weighted by Gasteiger charge is -2.40. The van der Waals surface area contributed by atoms with E-state index < -0.39 is 64.1 Å². The van der Waals surface area contributed by atoms with E-state index >= 15 is 0 Å². The number of hydrogen-bond donors (Lipinski definition) is 0. The molecule has 1 fully saturated rings. The van der Waals surface area contributed by atoms with Gasteiger partial charge in [-0.3, -0.25) is 4.79 Å². The van der Waals surface area contributed by atoms with Gasteiger partial charge in [-0.25, -0.2) is 0 Å². The molecule has 2 aromatic carbocycles. The molecular formula is C25H19F13INO. The molecule has 0 spiro atoms. The van der Waals surface area contributed by atoms with Crippen molar-refractivity contribution < 1.29 is 61.9 Å². The van der Waals surface area contributed by atoms with Gasteiger partial charge in [0.1, 0.15) is 0 Å². The molecule has 0 radical (unpaired) electrons. The first kappa shape index (κ1) is 33.2. The lowest BCUT2D eigenvalue weighted by atomic mass is 9.91. The molecule has 41 heavy (non-hydrogen) atoms. The Balaban J connectivity index is 1.95. The highest BCUT2D eigenvalue weighted by Gasteiger charge is 2.90. The molecule has 16 heteroatoms. The minimum absolute atomic E-state index is 0.252. The zero-order chi connectivity index (χ0) is 31.2. The van der Waals surface area contributed by atoms with Crippen LogP contribution in [0.25, 0.3) is 0 Å². The van der Waals surface area contributed by atoms with Gasteiger partial charge < -0.3 is 4.90 Å². The Morgan fingerprint density at radius 2 is 1.02 bits per heavy atom. The quantitative estimate of drug-likeness (QED) is 0.144. The van der Waals surface area contributed by atoms with Crippen LogP contribution in [-0.4, -0.2) is 50.5 Å². The monoisotopic (exact) mass is 723 g/mol. The number of benzene rings is 2. The average Bonchev–Trinajstić information content (AvgIpc) is 3.33. The summed E-state index contributed by atoms with van der Waals surface area (Å²) in [4.78, 5) is 14.4. The third kappa shape index (κ3) is 5.60. The van der Waals surface area contributed by atoms with Crippen LogP contribution in [-0.2, 0) is 4.79 Å². The van der Waals surface area contributed by atoms with E-state index in [2.05, 4.69) is 0 Å². The van der Waals surface area contributed by atoms with Gasteiger partial charge in [0.2, 0.25) is 5.91 Å². The summed E-state index contributed by atoms with van der Waals surface area (Å²) >= 11 is 0.894. The number of rotatable bonds is 9. The third-order valence-electron chi connectivity index (χ3n) is 6.71. The maximum atomic E-state index is 14.6. The zero-order valence-corrected chi connectivity index (χ0v) is 22.4. The SMILES string of the molecule is O=C([C@H](I)CC(F)(F)C(F)(F)C(F)(F)C(F)(F)C(F)(F)C(F)(F)F)N1[C@H](c2ccccc2)CC[C@H]1c1ccccc1. The molecule has 1 saturated heterocycles. The molecule has 2 nitrogen and oxygen atoms in total. The van der Waals surface area contributed by atoms with Crippen LogP contribution in [0.2, 0.25) is 0 Å². The smallest absolute Gasteiger partial charge is 0.328 e. The number of hydrogen-bond acceptors (Lipinski definition) is 1. The Morgan fingerprint density at radius 1 is 0.659 bits per heavy atom. The second-order valence-electron chi connectivity index (χ2n) is 9.35. The molecule has 1 amide bonds. The summed E-state index contributed by atoms with van der Waals surface area (Å²) in [5, 5.41) is 0. The second kappa shape index (κ2) is 11.1. The fourth-order valence-corrected chi connectivity index (χ4v) is 5.40. The van der Waals surface area contributed by atoms with E-state index in [0.717, 1.165) is 27.5 Å². The van der Waals surface area contributed by atoms with Crippen molar-refractivity contribution in [3.8, 4) is 0 Å². The molecule has 2 aromatic rings. The molecule has 1 heterocycles. The first-order valence-electron chi connectivity index (χ1n) is 11.6. The lowest BCUT2D eigenvalue weighted by Crippen LogP contribution is -2.70. The largest absolute Gasteiger partial charge is 0.460 e. The van der Waals surface area contributed by atoms with Crippen LogP contribution in [0, 0.1) is 0 Å². The highest BCUT2D eigenvalue weighted by molar-refractivity contribution is 14.1. The summed E-state index contributed by atoms with van der Waals surface area (Å²) in [6, 6.07) is 14.3. The maximum Gasteiger partial charge on any atom is 0.460 e. The van der Waals surface area contributed by atoms with Crippen molar-refractivity contribution in [3.05, 3.63) is 71.8 Å². The predicted molar refractivity (Wildman–Crippen MR) is 128 cm³/mol. The van der Waals surface area contributed by atoms with E-state index in [4.69, 9.17) is 0 Å². The molecule has 0 saturated carbocycles. The molecule has 3 rings (SSSR count). The topological polar surface area (TPSA) is 20.3 Å². The van der Waals surface area contributed by atoms with Gasteiger partial charge in [-0.2, -0.15) is 57.1 Å². The first-order chi connectivity index (χ1) is 18.6. The highest BCUT2D eigenvalue weighted by Crippen LogP contribution is 2.61. The van der Waals surface area contributed by atoms with E-state index in [1.807, 2.05) is 0 Å². The normalized spacial score (nSPS) is 20.3. The summed E-state index contributed by atoms with van der Waals surface area (Å²) in [6.45, 7) is 0. The van der Waals surface area contributed by atoms with Crippen LogP contribution in [0.15, 0.2) is 60.7 Å². The summed E-state index contributed by atoms with van der Waals surface area (Å²) in [6.07, 6.45) is -9.56. The van der Waals surface area contributed by atoms with Crippen molar-refractivity contribution in [1.29, 1.82) is 0 Å². The molecule has 0 N–H and O–H groups in total. The van der Waals surface area contributed by atoms with Crippen molar-refractivity contribution in [2.75, 3.05) is 0 Å². The maximum absolute atomic E-state index is 14.6. The predicted octanol–water partition coefficient (Wildman–Crippen LogP) is 9.02. The summed E-state index contributed by atoms with van der Waals surface area (Å²) < 4.78 is 174. The minimum atomic E-state index is -7.98.